The van der Waals surface area contributed by atoms with E-state index in [1.807, 2.05) is 0 Å². The zero-order valence-electron chi connectivity index (χ0n) is 10.5. The predicted octanol–water partition coefficient (Wildman–Crippen LogP) is 4.47. The molecule has 1 aromatic carbocycles. The van der Waals surface area contributed by atoms with E-state index in [9.17, 15) is 14.9 Å². The Hall–Kier alpha value is -1.15. The molecule has 0 spiro atoms. The maximum absolute atomic E-state index is 11.7. The molecular weight excluding hydrogens is 384 g/mol. The van der Waals surface area contributed by atoms with Crippen molar-refractivity contribution in [3.8, 4) is 0 Å². The fourth-order valence-corrected chi connectivity index (χ4v) is 2.54. The van der Waals surface area contributed by atoms with Crippen molar-refractivity contribution in [2.24, 2.45) is 0 Å². The van der Waals surface area contributed by atoms with E-state index in [4.69, 9.17) is 4.74 Å². The highest BCUT2D eigenvalue weighted by atomic mass is 79.9. The van der Waals surface area contributed by atoms with Crippen LogP contribution in [0.5, 0.6) is 0 Å². The van der Waals surface area contributed by atoms with Crippen LogP contribution in [0.2, 0.25) is 0 Å². The van der Waals surface area contributed by atoms with Crippen LogP contribution in [-0.2, 0) is 4.74 Å². The zero-order chi connectivity index (χ0) is 14.8. The Morgan fingerprint density at radius 3 is 2.42 bits per heavy atom. The molecule has 0 saturated heterocycles. The van der Waals surface area contributed by atoms with Crippen LogP contribution >= 0.6 is 31.9 Å². The van der Waals surface area contributed by atoms with Crippen LogP contribution in [0.25, 0.3) is 0 Å². The minimum Gasteiger partial charge on any atom is -0.444 e. The molecule has 0 aliphatic rings. The molecule has 104 valence electrons. The number of nitro groups is 1. The molecule has 0 unspecified atom stereocenters. The number of nitrogens with one attached hydrogen (secondary N) is 1. The van der Waals surface area contributed by atoms with Gasteiger partial charge in [-0.2, -0.15) is 0 Å². The molecule has 6 nitrogen and oxygen atoms in total. The summed E-state index contributed by atoms with van der Waals surface area (Å²) >= 11 is 6.32. The van der Waals surface area contributed by atoms with Gasteiger partial charge in [0, 0.05) is 15.0 Å². The van der Waals surface area contributed by atoms with Crippen LogP contribution < -0.4 is 5.32 Å². The minimum atomic E-state index is -0.751. The summed E-state index contributed by atoms with van der Waals surface area (Å²) in [7, 11) is 0. The first-order valence-electron chi connectivity index (χ1n) is 5.23. The monoisotopic (exact) mass is 394 g/mol. The number of anilines is 1. The maximum atomic E-state index is 11.7. The SMILES string of the molecule is CC(C)(C)OC(=O)Nc1c(Br)cc(Br)cc1[N+](=O)[O-]. The van der Waals surface area contributed by atoms with Crippen molar-refractivity contribution in [2.45, 2.75) is 26.4 Å². The lowest BCUT2D eigenvalue weighted by Crippen LogP contribution is -2.27. The van der Waals surface area contributed by atoms with Gasteiger partial charge in [-0.15, -0.1) is 0 Å². The molecule has 0 radical (unpaired) electrons. The van der Waals surface area contributed by atoms with Crippen molar-refractivity contribution in [3.05, 3.63) is 31.2 Å². The lowest BCUT2D eigenvalue weighted by Gasteiger charge is -2.20. The topological polar surface area (TPSA) is 81.5 Å². The molecule has 1 rings (SSSR count). The summed E-state index contributed by atoms with van der Waals surface area (Å²) < 4.78 is 5.97. The van der Waals surface area contributed by atoms with Crippen molar-refractivity contribution < 1.29 is 14.5 Å². The van der Waals surface area contributed by atoms with Gasteiger partial charge in [0.2, 0.25) is 0 Å². The van der Waals surface area contributed by atoms with E-state index in [-0.39, 0.29) is 11.4 Å². The van der Waals surface area contributed by atoms with E-state index in [0.29, 0.717) is 8.95 Å². The smallest absolute Gasteiger partial charge is 0.412 e. The Kier molecular flexibility index (Phi) is 4.92. The van der Waals surface area contributed by atoms with Crippen LogP contribution in [0.3, 0.4) is 0 Å². The molecule has 1 N–H and O–H groups in total. The number of ether oxygens (including phenoxy) is 1. The Balaban J connectivity index is 3.07. The summed E-state index contributed by atoms with van der Waals surface area (Å²) in [5, 5.41) is 13.3. The molecule has 1 amide bonds. The number of rotatable bonds is 2. The molecule has 1 aromatic rings. The van der Waals surface area contributed by atoms with E-state index in [2.05, 4.69) is 37.2 Å². The highest BCUT2D eigenvalue weighted by molar-refractivity contribution is 9.11. The minimum absolute atomic E-state index is 0.0578. The van der Waals surface area contributed by atoms with Gasteiger partial charge in [0.1, 0.15) is 11.3 Å². The summed E-state index contributed by atoms with van der Waals surface area (Å²) in [4.78, 5) is 22.0. The lowest BCUT2D eigenvalue weighted by molar-refractivity contribution is -0.384. The number of hydrogen-bond donors (Lipinski definition) is 1. The summed E-state index contributed by atoms with van der Waals surface area (Å²) in [6.07, 6.45) is -0.751. The molecule has 0 aliphatic heterocycles. The van der Waals surface area contributed by atoms with Crippen molar-refractivity contribution in [3.63, 3.8) is 0 Å². The van der Waals surface area contributed by atoms with Gasteiger partial charge in [-0.3, -0.25) is 15.4 Å². The van der Waals surface area contributed by atoms with E-state index in [0.717, 1.165) is 0 Å². The van der Waals surface area contributed by atoms with Gasteiger partial charge >= 0.3 is 6.09 Å². The third kappa shape index (κ3) is 4.79. The lowest BCUT2D eigenvalue weighted by atomic mass is 10.2. The largest absolute Gasteiger partial charge is 0.444 e. The van der Waals surface area contributed by atoms with Gasteiger partial charge in [0.15, 0.2) is 0 Å². The molecule has 8 heteroatoms. The second-order valence-corrected chi connectivity index (χ2v) is 6.44. The maximum Gasteiger partial charge on any atom is 0.412 e. The van der Waals surface area contributed by atoms with Gasteiger partial charge in [0.25, 0.3) is 5.69 Å². The van der Waals surface area contributed by atoms with Crippen LogP contribution in [0.15, 0.2) is 21.1 Å². The number of nitro benzene ring substituents is 1. The van der Waals surface area contributed by atoms with Gasteiger partial charge in [-0.1, -0.05) is 15.9 Å². The van der Waals surface area contributed by atoms with Gasteiger partial charge < -0.3 is 4.74 Å². The Bertz CT molecular complexity index is 526. The molecular formula is C11H12Br2N2O4. The first-order chi connectivity index (χ1) is 8.60. The zero-order valence-corrected chi connectivity index (χ0v) is 13.7. The fraction of sp³-hybridized carbons (Fsp3) is 0.364. The Labute approximate surface area is 126 Å². The number of halogens is 2. The van der Waals surface area contributed by atoms with Crippen molar-refractivity contribution in [1.82, 2.24) is 0 Å². The van der Waals surface area contributed by atoms with Crippen LogP contribution in [0, 0.1) is 10.1 Å². The summed E-state index contributed by atoms with van der Waals surface area (Å²) in [5.74, 6) is 0. The van der Waals surface area contributed by atoms with Crippen molar-refractivity contribution in [1.29, 1.82) is 0 Å². The number of benzene rings is 1. The molecule has 0 aromatic heterocycles. The number of carbonyl (C=O) groups excluding carboxylic acids is 1. The predicted molar refractivity (Wildman–Crippen MR) is 78.4 cm³/mol. The number of carbonyl (C=O) groups is 1. The highest BCUT2D eigenvalue weighted by Gasteiger charge is 2.23. The molecule has 0 saturated carbocycles. The van der Waals surface area contributed by atoms with Crippen molar-refractivity contribution in [2.75, 3.05) is 5.32 Å². The summed E-state index contributed by atoms with van der Waals surface area (Å²) in [5.41, 5.74) is -0.852. The third-order valence-corrected chi connectivity index (χ3v) is 2.94. The normalized spacial score (nSPS) is 11.0. The summed E-state index contributed by atoms with van der Waals surface area (Å²) in [6.45, 7) is 5.12. The molecule has 0 fully saturated rings. The Morgan fingerprint density at radius 2 is 1.95 bits per heavy atom. The summed E-state index contributed by atoms with van der Waals surface area (Å²) in [6, 6.07) is 2.90. The van der Waals surface area contributed by atoms with Gasteiger partial charge in [0.05, 0.1) is 4.92 Å². The highest BCUT2D eigenvalue weighted by Crippen LogP contribution is 2.36. The molecule has 19 heavy (non-hydrogen) atoms. The van der Waals surface area contributed by atoms with Gasteiger partial charge in [-0.25, -0.2) is 4.79 Å². The number of hydrogen-bond acceptors (Lipinski definition) is 4. The molecule has 0 aliphatic carbocycles. The van der Waals surface area contributed by atoms with E-state index < -0.39 is 16.6 Å². The Morgan fingerprint density at radius 1 is 1.37 bits per heavy atom. The average molecular weight is 396 g/mol. The third-order valence-electron chi connectivity index (χ3n) is 1.86. The molecule has 0 bridgehead atoms. The van der Waals surface area contributed by atoms with Crippen LogP contribution in [0.4, 0.5) is 16.2 Å². The van der Waals surface area contributed by atoms with E-state index in [1.54, 1.807) is 26.8 Å². The standard InChI is InChI=1S/C11H12Br2N2O4/c1-11(2,3)19-10(16)14-9-7(13)4-6(12)5-8(9)15(17)18/h4-5H,1-3H3,(H,14,16). The van der Waals surface area contributed by atoms with Gasteiger partial charge in [-0.05, 0) is 42.8 Å². The second kappa shape index (κ2) is 5.87. The molecule has 0 atom stereocenters. The molecule has 0 heterocycles. The van der Waals surface area contributed by atoms with Crippen molar-refractivity contribution >= 4 is 49.3 Å². The number of nitrogens with zero attached hydrogens (tertiary/aromatic N) is 1. The van der Waals surface area contributed by atoms with Crippen LogP contribution in [0.1, 0.15) is 20.8 Å². The number of amides is 1. The second-order valence-electron chi connectivity index (χ2n) is 4.67. The fourth-order valence-electron chi connectivity index (χ4n) is 1.23. The first kappa shape index (κ1) is 15.9. The van der Waals surface area contributed by atoms with E-state index in [1.165, 1.54) is 6.07 Å². The van der Waals surface area contributed by atoms with Crippen LogP contribution in [-0.4, -0.2) is 16.6 Å². The quantitative estimate of drug-likeness (QED) is 0.591. The first-order valence-corrected chi connectivity index (χ1v) is 6.82. The average Bonchev–Trinajstić information content (AvgIpc) is 2.18. The van der Waals surface area contributed by atoms with E-state index >= 15 is 0 Å².